The third kappa shape index (κ3) is 2.63. The second-order valence-electron chi connectivity index (χ2n) is 4.39. The van der Waals surface area contributed by atoms with Gasteiger partial charge in [0.1, 0.15) is 5.82 Å². The zero-order chi connectivity index (χ0) is 14.9. The van der Waals surface area contributed by atoms with Crippen molar-refractivity contribution in [1.29, 1.82) is 0 Å². The normalized spacial score (nSPS) is 11.4. The van der Waals surface area contributed by atoms with Crippen LogP contribution in [0.15, 0.2) is 59.8 Å². The topological polar surface area (TPSA) is 98.0 Å². The van der Waals surface area contributed by atoms with E-state index in [9.17, 15) is 8.42 Å². The molecule has 7 heteroatoms. The maximum Gasteiger partial charge on any atom is 0.279 e. The molecule has 0 aliphatic rings. The summed E-state index contributed by atoms with van der Waals surface area (Å²) in [5, 5.41) is 0.716. The molecule has 2 aromatic heterocycles. The Labute approximate surface area is 121 Å². The third-order valence-corrected chi connectivity index (χ3v) is 4.16. The van der Waals surface area contributed by atoms with Gasteiger partial charge in [0.15, 0.2) is 5.03 Å². The highest BCUT2D eigenvalue weighted by molar-refractivity contribution is 7.92. The third-order valence-electron chi connectivity index (χ3n) is 2.90. The zero-order valence-electron chi connectivity index (χ0n) is 10.9. The number of nitrogens with zero attached hydrogens (tertiary/aromatic N) is 2. The molecule has 0 saturated heterocycles. The van der Waals surface area contributed by atoms with Gasteiger partial charge in [0.05, 0.1) is 11.2 Å². The Balaban J connectivity index is 2.06. The highest BCUT2D eigenvalue weighted by atomic mass is 32.2. The number of benzene rings is 1. The number of nitrogens with two attached hydrogens (primary N) is 1. The summed E-state index contributed by atoms with van der Waals surface area (Å²) in [6, 6.07) is 13.4. The highest BCUT2D eigenvalue weighted by Gasteiger charge is 2.17. The summed E-state index contributed by atoms with van der Waals surface area (Å²) in [5.41, 5.74) is 6.50. The molecule has 0 spiro atoms. The first-order valence-electron chi connectivity index (χ1n) is 6.15. The van der Waals surface area contributed by atoms with Gasteiger partial charge in [-0.05, 0) is 24.3 Å². The number of hydrogen-bond donors (Lipinski definition) is 2. The molecule has 2 heterocycles. The van der Waals surface area contributed by atoms with E-state index in [-0.39, 0.29) is 10.8 Å². The molecule has 0 atom stereocenters. The lowest BCUT2D eigenvalue weighted by Crippen LogP contribution is -2.15. The van der Waals surface area contributed by atoms with Crippen molar-refractivity contribution in [2.45, 2.75) is 5.03 Å². The van der Waals surface area contributed by atoms with Crippen LogP contribution in [-0.2, 0) is 10.0 Å². The molecule has 0 aliphatic heterocycles. The quantitative estimate of drug-likeness (QED) is 0.771. The van der Waals surface area contributed by atoms with Crippen molar-refractivity contribution in [1.82, 2.24) is 9.97 Å². The number of nitrogens with one attached hydrogen (secondary N) is 1. The summed E-state index contributed by atoms with van der Waals surface area (Å²) in [6.07, 6.45) is 1.61. The molecule has 0 amide bonds. The predicted octanol–water partition coefficient (Wildman–Crippen LogP) is 2.01. The van der Waals surface area contributed by atoms with Gasteiger partial charge in [0.2, 0.25) is 0 Å². The Morgan fingerprint density at radius 2 is 1.76 bits per heavy atom. The number of sulfonamides is 1. The fourth-order valence-corrected chi connectivity index (χ4v) is 3.01. The Bertz CT molecular complexity index is 904. The van der Waals surface area contributed by atoms with E-state index in [2.05, 4.69) is 14.7 Å². The van der Waals surface area contributed by atoms with Gasteiger partial charge in [0.25, 0.3) is 10.0 Å². The van der Waals surface area contributed by atoms with E-state index in [4.69, 9.17) is 5.73 Å². The SMILES string of the molecule is Nc1cccc(S(=O)(=O)Nc2cccc3cccnc23)n1. The van der Waals surface area contributed by atoms with Crippen molar-refractivity contribution in [2.24, 2.45) is 0 Å². The molecule has 0 saturated carbocycles. The van der Waals surface area contributed by atoms with Gasteiger partial charge >= 0.3 is 0 Å². The number of pyridine rings is 2. The van der Waals surface area contributed by atoms with Crippen molar-refractivity contribution in [2.75, 3.05) is 10.5 Å². The molecule has 0 aliphatic carbocycles. The van der Waals surface area contributed by atoms with Crippen LogP contribution < -0.4 is 10.5 Å². The minimum atomic E-state index is -3.81. The van der Waals surface area contributed by atoms with Crippen molar-refractivity contribution in [3.05, 3.63) is 54.7 Å². The van der Waals surface area contributed by atoms with E-state index >= 15 is 0 Å². The minimum Gasteiger partial charge on any atom is -0.384 e. The summed E-state index contributed by atoms with van der Waals surface area (Å²) in [7, 11) is -3.81. The number of para-hydroxylation sites is 1. The number of aromatic nitrogens is 2. The molecule has 0 bridgehead atoms. The van der Waals surface area contributed by atoms with E-state index < -0.39 is 10.0 Å². The summed E-state index contributed by atoms with van der Waals surface area (Å²) in [5.74, 6) is 0.147. The summed E-state index contributed by atoms with van der Waals surface area (Å²) in [6.45, 7) is 0. The van der Waals surface area contributed by atoms with E-state index in [1.54, 1.807) is 24.4 Å². The van der Waals surface area contributed by atoms with Crippen LogP contribution in [0.1, 0.15) is 0 Å². The molecule has 0 unspecified atom stereocenters. The fourth-order valence-electron chi connectivity index (χ4n) is 1.96. The Hall–Kier alpha value is -2.67. The smallest absolute Gasteiger partial charge is 0.279 e. The molecule has 6 nitrogen and oxygen atoms in total. The maximum absolute atomic E-state index is 12.3. The van der Waals surface area contributed by atoms with Gasteiger partial charge in [0, 0.05) is 11.6 Å². The standard InChI is InChI=1S/C14H12N4O2S/c15-12-7-2-8-13(17-12)21(19,20)18-11-6-1-4-10-5-3-9-16-14(10)11/h1-9,18H,(H2,15,17). The van der Waals surface area contributed by atoms with Gasteiger partial charge in [-0.3, -0.25) is 9.71 Å². The van der Waals surface area contributed by atoms with Crippen molar-refractivity contribution < 1.29 is 8.42 Å². The van der Waals surface area contributed by atoms with E-state index in [1.165, 1.54) is 18.2 Å². The van der Waals surface area contributed by atoms with Crippen molar-refractivity contribution in [3.8, 4) is 0 Å². The molecule has 106 valence electrons. The van der Waals surface area contributed by atoms with E-state index in [0.29, 0.717) is 11.2 Å². The van der Waals surface area contributed by atoms with Crippen LogP contribution in [-0.4, -0.2) is 18.4 Å². The van der Waals surface area contributed by atoms with Gasteiger partial charge < -0.3 is 5.73 Å². The predicted molar refractivity (Wildman–Crippen MR) is 81.2 cm³/mol. The summed E-state index contributed by atoms with van der Waals surface area (Å²) in [4.78, 5) is 8.03. The zero-order valence-corrected chi connectivity index (χ0v) is 11.7. The largest absolute Gasteiger partial charge is 0.384 e. The lowest BCUT2D eigenvalue weighted by molar-refractivity contribution is 0.598. The molecular formula is C14H12N4O2S. The number of hydrogen-bond acceptors (Lipinski definition) is 5. The second kappa shape index (κ2) is 5.02. The molecule has 3 aromatic rings. The van der Waals surface area contributed by atoms with Crippen molar-refractivity contribution in [3.63, 3.8) is 0 Å². The number of rotatable bonds is 3. The summed E-state index contributed by atoms with van der Waals surface area (Å²) >= 11 is 0. The first kappa shape index (κ1) is 13.3. The number of nitrogen functional groups attached to an aromatic ring is 1. The van der Waals surface area contributed by atoms with Gasteiger partial charge in [-0.25, -0.2) is 4.98 Å². The number of fused-ring (bicyclic) bond motifs is 1. The van der Waals surface area contributed by atoms with Crippen LogP contribution >= 0.6 is 0 Å². The van der Waals surface area contributed by atoms with Crippen LogP contribution in [0.25, 0.3) is 10.9 Å². The van der Waals surface area contributed by atoms with Crippen LogP contribution in [0.2, 0.25) is 0 Å². The first-order valence-corrected chi connectivity index (χ1v) is 7.64. The Morgan fingerprint density at radius 3 is 2.57 bits per heavy atom. The van der Waals surface area contributed by atoms with E-state index in [1.807, 2.05) is 12.1 Å². The molecule has 0 fully saturated rings. The monoisotopic (exact) mass is 300 g/mol. The molecule has 1 aromatic carbocycles. The fraction of sp³-hybridized carbons (Fsp3) is 0. The van der Waals surface area contributed by atoms with Crippen molar-refractivity contribution >= 4 is 32.4 Å². The minimum absolute atomic E-state index is 0.129. The first-order chi connectivity index (χ1) is 10.1. The molecular weight excluding hydrogens is 288 g/mol. The highest BCUT2D eigenvalue weighted by Crippen LogP contribution is 2.23. The Morgan fingerprint density at radius 1 is 1.00 bits per heavy atom. The molecule has 3 N–H and O–H groups in total. The summed E-state index contributed by atoms with van der Waals surface area (Å²) < 4.78 is 27.2. The van der Waals surface area contributed by atoms with Crippen LogP contribution in [0, 0.1) is 0 Å². The lowest BCUT2D eigenvalue weighted by Gasteiger charge is -2.09. The second-order valence-corrected chi connectivity index (χ2v) is 6.02. The van der Waals surface area contributed by atoms with E-state index in [0.717, 1.165) is 5.39 Å². The molecule has 21 heavy (non-hydrogen) atoms. The molecule has 3 rings (SSSR count). The lowest BCUT2D eigenvalue weighted by atomic mass is 10.2. The number of anilines is 2. The van der Waals surface area contributed by atoms with Crippen LogP contribution in [0.5, 0.6) is 0 Å². The van der Waals surface area contributed by atoms with Crippen LogP contribution in [0.4, 0.5) is 11.5 Å². The van der Waals surface area contributed by atoms with Gasteiger partial charge in [-0.15, -0.1) is 0 Å². The Kier molecular flexibility index (Phi) is 3.19. The van der Waals surface area contributed by atoms with Gasteiger partial charge in [-0.1, -0.05) is 24.3 Å². The maximum atomic E-state index is 12.3. The molecule has 0 radical (unpaired) electrons. The average Bonchev–Trinajstić information content (AvgIpc) is 2.47. The van der Waals surface area contributed by atoms with Gasteiger partial charge in [-0.2, -0.15) is 8.42 Å². The van der Waals surface area contributed by atoms with Crippen LogP contribution in [0.3, 0.4) is 0 Å². The average molecular weight is 300 g/mol.